The number of nitro groups is 1. The summed E-state index contributed by atoms with van der Waals surface area (Å²) in [5.41, 5.74) is 0.765. The summed E-state index contributed by atoms with van der Waals surface area (Å²) in [6.07, 6.45) is 1.78. The second-order valence-electron chi connectivity index (χ2n) is 6.14. The molecule has 0 aliphatic carbocycles. The number of nitro benzene ring substituents is 1. The van der Waals surface area contributed by atoms with Gasteiger partial charge in [0.1, 0.15) is 11.6 Å². The lowest BCUT2D eigenvalue weighted by molar-refractivity contribution is -0.384. The number of pyridine rings is 1. The summed E-state index contributed by atoms with van der Waals surface area (Å²) in [4.78, 5) is 27.1. The number of benzene rings is 1. The molecule has 0 fully saturated rings. The number of ether oxygens (including phenoxy) is 1. The van der Waals surface area contributed by atoms with Crippen molar-refractivity contribution < 1.29 is 14.8 Å². The van der Waals surface area contributed by atoms with Gasteiger partial charge in [0.25, 0.3) is 11.2 Å². The zero-order chi connectivity index (χ0) is 20.8. The van der Waals surface area contributed by atoms with E-state index < -0.39 is 10.5 Å². The number of aliphatic imine (C=N–C) groups is 1. The fraction of sp³-hybridized carbons (Fsp3) is 0.316. The number of non-ortho nitro benzene ring substituents is 1. The summed E-state index contributed by atoms with van der Waals surface area (Å²) in [5, 5.41) is 30.9. The maximum Gasteiger partial charge on any atom is 0.271 e. The van der Waals surface area contributed by atoms with Crippen LogP contribution in [0.2, 0.25) is 0 Å². The van der Waals surface area contributed by atoms with E-state index in [2.05, 4.69) is 4.99 Å². The Morgan fingerprint density at radius 1 is 1.43 bits per heavy atom. The zero-order valence-corrected chi connectivity index (χ0v) is 15.8. The summed E-state index contributed by atoms with van der Waals surface area (Å²) < 4.78 is 6.06. The van der Waals surface area contributed by atoms with E-state index in [1.807, 2.05) is 6.07 Å². The van der Waals surface area contributed by atoms with Gasteiger partial charge >= 0.3 is 0 Å². The van der Waals surface area contributed by atoms with Crippen molar-refractivity contribution in [3.8, 4) is 11.9 Å². The van der Waals surface area contributed by atoms with E-state index in [0.29, 0.717) is 29.8 Å². The molecule has 1 aromatic heterocycles. The van der Waals surface area contributed by atoms with Crippen molar-refractivity contribution in [1.29, 1.82) is 5.26 Å². The van der Waals surface area contributed by atoms with Crippen molar-refractivity contribution in [2.45, 2.75) is 26.8 Å². The van der Waals surface area contributed by atoms with Gasteiger partial charge in [-0.15, -0.1) is 0 Å². The molecular weight excluding hydrogens is 364 g/mol. The number of hydrogen-bond acceptors (Lipinski definition) is 7. The number of nitrogens with zero attached hydrogens (tertiary/aromatic N) is 4. The lowest BCUT2D eigenvalue weighted by atomic mass is 10.1. The number of aromatic nitrogens is 1. The Balaban J connectivity index is 2.56. The first-order chi connectivity index (χ1) is 13.3. The average Bonchev–Trinajstić information content (AvgIpc) is 2.66. The molecule has 2 rings (SSSR count). The maximum absolute atomic E-state index is 12.5. The molecule has 1 aromatic carbocycles. The van der Waals surface area contributed by atoms with Crippen LogP contribution in [0.4, 0.5) is 11.4 Å². The van der Waals surface area contributed by atoms with Crippen molar-refractivity contribution in [2.24, 2.45) is 4.99 Å². The quantitative estimate of drug-likeness (QED) is 0.338. The second-order valence-corrected chi connectivity index (χ2v) is 6.14. The standard InChI is InChI=1S/C19H20N4O5/c1-12-5-6-14(23(26)27)9-17(12)21-11-16-13(2)15(10-20)18(24)22(19(16)25)7-4-8-28-3/h5-6,9,11,25H,4,7-8H2,1-3H3. The van der Waals surface area contributed by atoms with Crippen LogP contribution in [0.15, 0.2) is 28.0 Å². The predicted octanol–water partition coefficient (Wildman–Crippen LogP) is 2.74. The summed E-state index contributed by atoms with van der Waals surface area (Å²) in [6.45, 7) is 3.85. The first kappa shape index (κ1) is 20.8. The molecule has 0 atom stereocenters. The molecule has 9 nitrogen and oxygen atoms in total. The maximum atomic E-state index is 12.5. The normalized spacial score (nSPS) is 10.9. The van der Waals surface area contributed by atoms with Gasteiger partial charge in [0.05, 0.1) is 16.2 Å². The highest BCUT2D eigenvalue weighted by atomic mass is 16.6. The van der Waals surface area contributed by atoms with E-state index in [1.54, 1.807) is 19.9 Å². The monoisotopic (exact) mass is 384 g/mol. The molecule has 0 radical (unpaired) electrons. The van der Waals surface area contributed by atoms with E-state index in [4.69, 9.17) is 4.74 Å². The molecule has 0 unspecified atom stereocenters. The number of methoxy groups -OCH3 is 1. The van der Waals surface area contributed by atoms with Gasteiger partial charge in [-0.2, -0.15) is 5.26 Å². The third-order valence-electron chi connectivity index (χ3n) is 4.31. The lowest BCUT2D eigenvalue weighted by Gasteiger charge is -2.13. The van der Waals surface area contributed by atoms with Gasteiger partial charge in [-0.25, -0.2) is 0 Å². The van der Waals surface area contributed by atoms with Crippen molar-refractivity contribution in [1.82, 2.24) is 4.57 Å². The topological polar surface area (TPSA) is 131 Å². The van der Waals surface area contributed by atoms with Crippen molar-refractivity contribution in [3.05, 3.63) is 60.9 Å². The highest BCUT2D eigenvalue weighted by Crippen LogP contribution is 2.26. The summed E-state index contributed by atoms with van der Waals surface area (Å²) in [6, 6.07) is 6.14. The fourth-order valence-electron chi connectivity index (χ4n) is 2.68. The van der Waals surface area contributed by atoms with Gasteiger partial charge < -0.3 is 9.84 Å². The largest absolute Gasteiger partial charge is 0.494 e. The number of hydrogen-bond donors (Lipinski definition) is 1. The van der Waals surface area contributed by atoms with Crippen LogP contribution in [-0.2, 0) is 11.3 Å². The van der Waals surface area contributed by atoms with Crippen LogP contribution in [-0.4, -0.2) is 34.5 Å². The van der Waals surface area contributed by atoms with E-state index in [0.717, 1.165) is 4.57 Å². The van der Waals surface area contributed by atoms with E-state index in [9.17, 15) is 25.3 Å². The number of rotatable bonds is 7. The van der Waals surface area contributed by atoms with Crippen LogP contribution in [0.1, 0.15) is 28.7 Å². The minimum absolute atomic E-state index is 0.0903. The summed E-state index contributed by atoms with van der Waals surface area (Å²) in [7, 11) is 1.53. The molecule has 0 spiro atoms. The Labute approximate surface area is 161 Å². The van der Waals surface area contributed by atoms with Crippen LogP contribution in [0, 0.1) is 35.3 Å². The molecule has 1 N–H and O–H groups in total. The molecule has 0 aliphatic heterocycles. The molecule has 0 aliphatic rings. The van der Waals surface area contributed by atoms with Gasteiger partial charge in [-0.3, -0.25) is 24.5 Å². The first-order valence-corrected chi connectivity index (χ1v) is 8.46. The van der Waals surface area contributed by atoms with Crippen LogP contribution in [0.3, 0.4) is 0 Å². The van der Waals surface area contributed by atoms with Gasteiger partial charge in [0.15, 0.2) is 0 Å². The van der Waals surface area contributed by atoms with Gasteiger partial charge in [0.2, 0.25) is 5.88 Å². The van der Waals surface area contributed by atoms with E-state index >= 15 is 0 Å². The lowest BCUT2D eigenvalue weighted by Crippen LogP contribution is -2.26. The molecule has 0 amide bonds. The minimum Gasteiger partial charge on any atom is -0.494 e. The zero-order valence-electron chi connectivity index (χ0n) is 15.8. The molecule has 28 heavy (non-hydrogen) atoms. The Morgan fingerprint density at radius 2 is 2.14 bits per heavy atom. The molecule has 0 saturated carbocycles. The molecule has 0 bridgehead atoms. The van der Waals surface area contributed by atoms with Gasteiger partial charge in [-0.1, -0.05) is 6.07 Å². The van der Waals surface area contributed by atoms with E-state index in [1.165, 1.54) is 25.5 Å². The average molecular weight is 384 g/mol. The predicted molar refractivity (Wildman–Crippen MR) is 103 cm³/mol. The fourth-order valence-corrected chi connectivity index (χ4v) is 2.68. The van der Waals surface area contributed by atoms with Crippen LogP contribution >= 0.6 is 0 Å². The summed E-state index contributed by atoms with van der Waals surface area (Å²) in [5.74, 6) is -0.315. The van der Waals surface area contributed by atoms with Crippen molar-refractivity contribution in [2.75, 3.05) is 13.7 Å². The van der Waals surface area contributed by atoms with E-state index in [-0.39, 0.29) is 29.2 Å². The minimum atomic E-state index is -0.586. The molecular formula is C19H20N4O5. The Hall–Kier alpha value is -3.51. The molecule has 0 saturated heterocycles. The van der Waals surface area contributed by atoms with Crippen molar-refractivity contribution in [3.63, 3.8) is 0 Å². The van der Waals surface area contributed by atoms with Crippen LogP contribution in [0.5, 0.6) is 5.88 Å². The number of nitriles is 1. The first-order valence-electron chi connectivity index (χ1n) is 8.46. The van der Waals surface area contributed by atoms with Crippen molar-refractivity contribution >= 4 is 17.6 Å². The van der Waals surface area contributed by atoms with Crippen LogP contribution < -0.4 is 5.56 Å². The summed E-state index contributed by atoms with van der Waals surface area (Å²) >= 11 is 0. The molecule has 2 aromatic rings. The SMILES string of the molecule is COCCCn1c(O)c(C=Nc2cc([N+](=O)[O-])ccc2C)c(C)c(C#N)c1=O. The Morgan fingerprint density at radius 3 is 2.75 bits per heavy atom. The van der Waals surface area contributed by atoms with Gasteiger partial charge in [-0.05, 0) is 31.4 Å². The molecule has 9 heteroatoms. The third-order valence-corrected chi connectivity index (χ3v) is 4.31. The highest BCUT2D eigenvalue weighted by Gasteiger charge is 2.18. The molecule has 146 valence electrons. The second kappa shape index (κ2) is 8.92. The highest BCUT2D eigenvalue weighted by molar-refractivity contribution is 5.87. The number of aromatic hydroxyl groups is 1. The third kappa shape index (κ3) is 4.24. The molecule has 1 heterocycles. The van der Waals surface area contributed by atoms with Crippen LogP contribution in [0.25, 0.3) is 0 Å². The Kier molecular flexibility index (Phi) is 6.63. The van der Waals surface area contributed by atoms with Gasteiger partial charge in [0, 0.05) is 38.6 Å². The Bertz CT molecular complexity index is 1030. The smallest absolute Gasteiger partial charge is 0.271 e. The number of aryl methyl sites for hydroxylation is 1.